The summed E-state index contributed by atoms with van der Waals surface area (Å²) in [7, 11) is 1.60. The van der Waals surface area contributed by atoms with E-state index in [1.165, 1.54) is 4.90 Å². The van der Waals surface area contributed by atoms with Gasteiger partial charge in [0.15, 0.2) is 0 Å². The van der Waals surface area contributed by atoms with E-state index in [1.54, 1.807) is 55.5 Å². The number of hydrogen-bond donors (Lipinski definition) is 15. The number of amides is 9. The lowest BCUT2D eigenvalue weighted by Crippen LogP contribution is -2.45. The standard InChI is InChI=1S/C18H32N2O6.C18H34N2O5.C18H34N2O4.C17H32N2O4.C14H27NO3/c1-11(2)7-5-6-8-15(21)20-14(18(25)26)9-16(22)19-10-13(12(3)4)17(23)24;1-12(2)7-5-6-8-16(22)20-14(11-21)9-17(23)19-10-15(13(3)4)18(24)25;1-12(2)8-6-7-9-16(21)20-14(5)10-17(22)19-11-15(13(3)4)18(23)24;1-12(2)8-6-7-9-16(21)19(5)11-15(20)18-10-14(13(3)4)17(22)23;1-10(2)7-5-6-8-13(16)15-9-12(11(3)4)14(17)18/h11-14H,5-10H2,1-4H3,(H,19,22)(H,20,21)(H,23,24)(H,25,26);12-15,21H,5-11H2,1-4H3,(H,19,23)(H,20,22)(H,24,25);12-15H,6-11H2,1-5H3,(H,19,22)(H,20,21)(H,23,24);12-14H,6-11H2,1-5H3,(H,18,20)(H,22,23);10-12H,5-9H2,1-4H3,(H,15,16)(H,17,18). The molecular formula is C85H159N9O22. The Kier molecular flexibility index (Phi) is 69.3. The minimum absolute atomic E-state index is 0.0312. The molecule has 0 aliphatic rings. The Morgan fingerprint density at radius 3 is 0.802 bits per heavy atom. The van der Waals surface area contributed by atoms with E-state index in [0.29, 0.717) is 61.7 Å². The van der Waals surface area contributed by atoms with Gasteiger partial charge in [0.1, 0.15) is 6.04 Å². The molecule has 0 aromatic heterocycles. The third-order valence-corrected chi connectivity index (χ3v) is 19.1. The maximum absolute atomic E-state index is 11.9. The first-order chi connectivity index (χ1) is 53.8. The number of carboxylic acid groups (broad SMARTS) is 6. The predicted molar refractivity (Wildman–Crippen MR) is 449 cm³/mol. The van der Waals surface area contributed by atoms with Crippen LogP contribution in [-0.4, -0.2) is 201 Å². The molecule has 0 saturated carbocycles. The summed E-state index contributed by atoms with van der Waals surface area (Å²) in [5.74, 6) is -8.57. The number of nitrogens with zero attached hydrogens (tertiary/aromatic N) is 1. The number of carboxylic acids is 6. The number of carbonyl (C=O) groups is 15. The number of nitrogens with one attached hydrogen (secondary N) is 8. The van der Waals surface area contributed by atoms with Crippen LogP contribution in [0.2, 0.25) is 0 Å². The molecule has 0 saturated heterocycles. The fraction of sp³-hybridized carbons (Fsp3) is 0.824. The van der Waals surface area contributed by atoms with E-state index in [9.17, 15) is 82.1 Å². The van der Waals surface area contributed by atoms with E-state index >= 15 is 0 Å². The van der Waals surface area contributed by atoms with Gasteiger partial charge in [-0.1, -0.05) is 203 Å². The highest BCUT2D eigenvalue weighted by Crippen LogP contribution is 2.17. The van der Waals surface area contributed by atoms with Gasteiger partial charge in [0.05, 0.1) is 55.2 Å². The molecule has 0 aliphatic heterocycles. The van der Waals surface area contributed by atoms with Crippen LogP contribution >= 0.6 is 0 Å². The SMILES string of the molecule is CC(C)CCCCC(=O)N(C)CC(=O)NCC(C(=O)O)C(C)C.CC(C)CCCCC(=O)NC(C)CC(=O)NCC(C(=O)O)C(C)C.CC(C)CCCCC(=O)NC(CC(=O)NCC(C(=O)O)C(C)C)C(=O)O.CC(C)CCCCC(=O)NC(CO)CC(=O)NCC(C(=O)O)C(C)C.CC(C)CCCCC(=O)NCC(C(=O)O)C(C)C. The quantitative estimate of drug-likeness (QED) is 0.0252. The molecule has 0 bridgehead atoms. The molecule has 31 nitrogen and oxygen atoms in total. The number of aliphatic carboxylic acids is 6. The van der Waals surface area contributed by atoms with Crippen LogP contribution in [0.15, 0.2) is 0 Å². The maximum Gasteiger partial charge on any atom is 0.326 e. The molecule has 0 rings (SSSR count). The van der Waals surface area contributed by atoms with Crippen LogP contribution in [-0.2, 0) is 71.9 Å². The minimum Gasteiger partial charge on any atom is -0.481 e. The van der Waals surface area contributed by atoms with Crippen LogP contribution in [0.25, 0.3) is 0 Å². The molecular weight excluding hydrogens is 1500 g/mol. The molecule has 0 aromatic rings. The summed E-state index contributed by atoms with van der Waals surface area (Å²) in [6.45, 7) is 41.2. The fourth-order valence-electron chi connectivity index (χ4n) is 11.2. The fourth-order valence-corrected chi connectivity index (χ4v) is 11.2. The van der Waals surface area contributed by atoms with Gasteiger partial charge >= 0.3 is 35.8 Å². The zero-order valence-electron chi connectivity index (χ0n) is 74.8. The van der Waals surface area contributed by atoms with Gasteiger partial charge in [0.2, 0.25) is 53.2 Å². The smallest absolute Gasteiger partial charge is 0.326 e. The Labute approximate surface area is 694 Å². The molecule has 9 amide bonds. The summed E-state index contributed by atoms with van der Waals surface area (Å²) in [5, 5.41) is 84.6. The van der Waals surface area contributed by atoms with Crippen molar-refractivity contribution in [1.82, 2.24) is 47.4 Å². The largest absolute Gasteiger partial charge is 0.481 e. The summed E-state index contributed by atoms with van der Waals surface area (Å²) in [6, 6.07) is -2.24. The molecule has 0 aliphatic carbocycles. The topological polar surface area (TPSA) is 497 Å². The third kappa shape index (κ3) is 69.2. The van der Waals surface area contributed by atoms with Gasteiger partial charge in [0.25, 0.3) is 0 Å². The van der Waals surface area contributed by atoms with Gasteiger partial charge in [-0.15, -0.1) is 0 Å². The first-order valence-corrected chi connectivity index (χ1v) is 42.3. The highest BCUT2D eigenvalue weighted by Gasteiger charge is 2.29. The van der Waals surface area contributed by atoms with E-state index in [-0.39, 0.29) is 142 Å². The van der Waals surface area contributed by atoms with Crippen molar-refractivity contribution in [2.75, 3.05) is 52.9 Å². The molecule has 31 heteroatoms. The molecule has 8 atom stereocenters. The van der Waals surface area contributed by atoms with Gasteiger partial charge in [-0.3, -0.25) is 67.1 Å². The number of aliphatic hydroxyl groups excluding tert-OH is 1. The number of rotatable bonds is 58. The van der Waals surface area contributed by atoms with Crippen LogP contribution in [0, 0.1) is 88.8 Å². The van der Waals surface area contributed by atoms with Gasteiger partial charge in [-0.05, 0) is 98.2 Å². The normalized spacial score (nSPS) is 13.1. The lowest BCUT2D eigenvalue weighted by molar-refractivity contribution is -0.145. The Balaban J connectivity index is -0.000000445. The van der Waals surface area contributed by atoms with Crippen LogP contribution in [0.4, 0.5) is 0 Å². The maximum atomic E-state index is 11.9. The van der Waals surface area contributed by atoms with Crippen molar-refractivity contribution in [3.63, 3.8) is 0 Å². The van der Waals surface area contributed by atoms with Crippen LogP contribution in [0.5, 0.6) is 0 Å². The molecule has 0 radical (unpaired) electrons. The molecule has 0 aromatic carbocycles. The Bertz CT molecular complexity index is 2830. The van der Waals surface area contributed by atoms with Gasteiger partial charge < -0.3 is 83.2 Å². The Morgan fingerprint density at radius 2 is 0.526 bits per heavy atom. The molecule has 8 unspecified atom stereocenters. The van der Waals surface area contributed by atoms with Crippen LogP contribution in [0.3, 0.4) is 0 Å². The summed E-state index contributed by atoms with van der Waals surface area (Å²) in [4.78, 5) is 174. The Morgan fingerprint density at radius 1 is 0.276 bits per heavy atom. The third-order valence-electron chi connectivity index (χ3n) is 19.1. The minimum atomic E-state index is -1.32. The van der Waals surface area contributed by atoms with Crippen molar-refractivity contribution in [2.45, 2.75) is 311 Å². The zero-order valence-corrected chi connectivity index (χ0v) is 74.8. The van der Waals surface area contributed by atoms with Crippen LogP contribution < -0.4 is 42.5 Å². The second-order valence-electron chi connectivity index (χ2n) is 34.4. The van der Waals surface area contributed by atoms with Crippen molar-refractivity contribution in [2.24, 2.45) is 88.8 Å². The van der Waals surface area contributed by atoms with Crippen LogP contribution in [0.1, 0.15) is 293 Å². The molecule has 116 heavy (non-hydrogen) atoms. The number of carbonyl (C=O) groups excluding carboxylic acids is 9. The van der Waals surface area contributed by atoms with E-state index in [1.807, 2.05) is 27.7 Å². The van der Waals surface area contributed by atoms with Crippen molar-refractivity contribution < 1.29 is 108 Å². The van der Waals surface area contributed by atoms with Gasteiger partial charge in [-0.2, -0.15) is 0 Å². The van der Waals surface area contributed by atoms with E-state index < -0.39 is 95.7 Å². The first kappa shape index (κ1) is 117. The highest BCUT2D eigenvalue weighted by molar-refractivity contribution is 5.89. The molecule has 0 heterocycles. The molecule has 0 fully saturated rings. The van der Waals surface area contributed by atoms with E-state index in [2.05, 4.69) is 112 Å². The summed E-state index contributed by atoms with van der Waals surface area (Å²) >= 11 is 0. The molecule has 676 valence electrons. The Hall–Kier alpha value is -7.99. The van der Waals surface area contributed by atoms with Gasteiger partial charge in [-0.25, -0.2) is 4.79 Å². The summed E-state index contributed by atoms with van der Waals surface area (Å²) < 4.78 is 0. The second kappa shape index (κ2) is 69.0. The lowest BCUT2D eigenvalue weighted by atomic mass is 9.96. The number of unbranched alkanes of at least 4 members (excludes halogenated alkanes) is 5. The summed E-state index contributed by atoms with van der Waals surface area (Å²) in [5.41, 5.74) is 0. The lowest BCUT2D eigenvalue weighted by Gasteiger charge is -2.19. The van der Waals surface area contributed by atoms with Crippen molar-refractivity contribution in [3.8, 4) is 0 Å². The van der Waals surface area contributed by atoms with E-state index in [0.717, 1.165) is 89.9 Å². The molecule has 15 N–H and O–H groups in total. The summed E-state index contributed by atoms with van der Waals surface area (Å²) in [6.07, 6.45) is 16.1. The monoisotopic (exact) mass is 1660 g/mol. The van der Waals surface area contributed by atoms with Gasteiger partial charge in [0, 0.05) is 90.8 Å². The zero-order chi connectivity index (χ0) is 90.5. The van der Waals surface area contributed by atoms with Crippen molar-refractivity contribution >= 4 is 89.0 Å². The predicted octanol–water partition coefficient (Wildman–Crippen LogP) is 10.6. The first-order valence-electron chi connectivity index (χ1n) is 42.3. The second-order valence-corrected chi connectivity index (χ2v) is 34.4. The number of aliphatic hydroxyl groups is 1. The van der Waals surface area contributed by atoms with Crippen molar-refractivity contribution in [3.05, 3.63) is 0 Å². The highest BCUT2D eigenvalue weighted by atomic mass is 16.4. The van der Waals surface area contributed by atoms with Crippen molar-refractivity contribution in [1.29, 1.82) is 0 Å². The average Bonchev–Trinajstić information content (AvgIpc) is 0.923. The molecule has 0 spiro atoms. The number of hydrogen-bond acceptors (Lipinski definition) is 16. The average molecular weight is 1660 g/mol. The van der Waals surface area contributed by atoms with E-state index in [4.69, 9.17) is 25.5 Å². The number of likely N-dealkylation sites (N-methyl/N-ethyl adjacent to an activating group) is 1.